The fourth-order valence-corrected chi connectivity index (χ4v) is 1.69. The van der Waals surface area contributed by atoms with Gasteiger partial charge in [-0.15, -0.1) is 0 Å². The molecule has 1 aromatic rings. The van der Waals surface area contributed by atoms with E-state index in [4.69, 9.17) is 5.26 Å². The van der Waals surface area contributed by atoms with Gasteiger partial charge in [-0.25, -0.2) is 0 Å². The highest BCUT2D eigenvalue weighted by Crippen LogP contribution is 2.11. The van der Waals surface area contributed by atoms with Gasteiger partial charge in [0.25, 0.3) is 5.91 Å². The van der Waals surface area contributed by atoms with Crippen LogP contribution in [0.2, 0.25) is 0 Å². The van der Waals surface area contributed by atoms with Gasteiger partial charge in [0.15, 0.2) is 0 Å². The first kappa shape index (κ1) is 10.7. The topological polar surface area (TPSA) is 44.1 Å². The molecule has 0 fully saturated rings. The molecule has 0 saturated heterocycles. The second-order valence-corrected chi connectivity index (χ2v) is 3.92. The number of nitrogens with zero attached hydrogens (tertiary/aromatic N) is 2. The van der Waals surface area contributed by atoms with Crippen LogP contribution in [0.1, 0.15) is 23.7 Å². The van der Waals surface area contributed by atoms with Gasteiger partial charge in [0, 0.05) is 18.5 Å². The van der Waals surface area contributed by atoms with E-state index in [2.05, 4.69) is 6.07 Å². The SMILES string of the molecule is CC(CC#N)N(C)C(=O)c1ccsc1. The minimum atomic E-state index is -0.0348. The predicted molar refractivity (Wildman–Crippen MR) is 56.1 cm³/mol. The summed E-state index contributed by atoms with van der Waals surface area (Å²) in [5, 5.41) is 12.2. The highest BCUT2D eigenvalue weighted by Gasteiger charge is 2.16. The molecule has 3 nitrogen and oxygen atoms in total. The number of carbonyl (C=O) groups excluding carboxylic acids is 1. The van der Waals surface area contributed by atoms with E-state index >= 15 is 0 Å². The molecule has 74 valence electrons. The Kier molecular flexibility index (Phi) is 3.66. The second kappa shape index (κ2) is 4.77. The summed E-state index contributed by atoms with van der Waals surface area (Å²) in [7, 11) is 1.72. The Bertz CT molecular complexity index is 340. The van der Waals surface area contributed by atoms with Crippen LogP contribution in [-0.2, 0) is 0 Å². The number of hydrogen-bond donors (Lipinski definition) is 0. The van der Waals surface area contributed by atoms with Gasteiger partial charge < -0.3 is 4.90 Å². The van der Waals surface area contributed by atoms with Crippen molar-refractivity contribution >= 4 is 17.2 Å². The van der Waals surface area contributed by atoms with E-state index < -0.39 is 0 Å². The summed E-state index contributed by atoms with van der Waals surface area (Å²) in [5.41, 5.74) is 0.697. The zero-order chi connectivity index (χ0) is 10.6. The van der Waals surface area contributed by atoms with E-state index in [1.807, 2.05) is 17.7 Å². The Labute approximate surface area is 87.6 Å². The van der Waals surface area contributed by atoms with E-state index in [9.17, 15) is 4.79 Å². The van der Waals surface area contributed by atoms with Gasteiger partial charge in [-0.05, 0) is 18.4 Å². The van der Waals surface area contributed by atoms with Crippen LogP contribution in [0.25, 0.3) is 0 Å². The van der Waals surface area contributed by atoms with Crippen LogP contribution in [0.3, 0.4) is 0 Å². The molecule has 14 heavy (non-hydrogen) atoms. The van der Waals surface area contributed by atoms with E-state index in [1.165, 1.54) is 11.3 Å². The Morgan fingerprint density at radius 2 is 2.50 bits per heavy atom. The molecule has 0 spiro atoms. The largest absolute Gasteiger partial charge is 0.338 e. The van der Waals surface area contributed by atoms with Crippen LogP contribution >= 0.6 is 11.3 Å². The van der Waals surface area contributed by atoms with Crippen LogP contribution in [0.5, 0.6) is 0 Å². The quantitative estimate of drug-likeness (QED) is 0.763. The van der Waals surface area contributed by atoms with Crippen LogP contribution in [0, 0.1) is 11.3 Å². The zero-order valence-corrected chi connectivity index (χ0v) is 9.04. The van der Waals surface area contributed by atoms with Crippen molar-refractivity contribution in [3.63, 3.8) is 0 Å². The first-order chi connectivity index (χ1) is 6.66. The Hall–Kier alpha value is -1.34. The van der Waals surface area contributed by atoms with Crippen molar-refractivity contribution in [2.24, 2.45) is 0 Å². The average Bonchev–Trinajstić information content (AvgIpc) is 2.68. The third-order valence-electron chi connectivity index (χ3n) is 2.14. The standard InChI is InChI=1S/C10H12N2OS/c1-8(3-5-11)12(2)10(13)9-4-6-14-7-9/h4,6-8H,3H2,1-2H3. The van der Waals surface area contributed by atoms with Crippen LogP contribution < -0.4 is 0 Å². The monoisotopic (exact) mass is 208 g/mol. The number of hydrogen-bond acceptors (Lipinski definition) is 3. The molecule has 0 N–H and O–H groups in total. The molecular weight excluding hydrogens is 196 g/mol. The Morgan fingerprint density at radius 3 is 3.00 bits per heavy atom. The van der Waals surface area contributed by atoms with Crippen molar-refractivity contribution < 1.29 is 4.79 Å². The third-order valence-corrected chi connectivity index (χ3v) is 2.82. The highest BCUT2D eigenvalue weighted by molar-refractivity contribution is 7.08. The van der Waals surface area contributed by atoms with Gasteiger partial charge in [0.1, 0.15) is 0 Å². The minimum absolute atomic E-state index is 0.0194. The molecule has 4 heteroatoms. The van der Waals surface area contributed by atoms with Gasteiger partial charge >= 0.3 is 0 Å². The van der Waals surface area contributed by atoms with Crippen molar-refractivity contribution in [2.75, 3.05) is 7.05 Å². The summed E-state index contributed by atoms with van der Waals surface area (Å²) in [6.45, 7) is 1.87. The fraction of sp³-hybridized carbons (Fsp3) is 0.400. The highest BCUT2D eigenvalue weighted by atomic mass is 32.1. The van der Waals surface area contributed by atoms with Crippen LogP contribution in [-0.4, -0.2) is 23.9 Å². The lowest BCUT2D eigenvalue weighted by Gasteiger charge is -2.22. The smallest absolute Gasteiger partial charge is 0.254 e. The second-order valence-electron chi connectivity index (χ2n) is 3.14. The molecule has 0 radical (unpaired) electrons. The number of carbonyl (C=O) groups is 1. The van der Waals surface area contributed by atoms with Crippen molar-refractivity contribution in [3.8, 4) is 6.07 Å². The maximum Gasteiger partial charge on any atom is 0.254 e. The first-order valence-electron chi connectivity index (χ1n) is 4.33. The van der Waals surface area contributed by atoms with E-state index in [0.717, 1.165) is 0 Å². The lowest BCUT2D eigenvalue weighted by Crippen LogP contribution is -2.34. The van der Waals surface area contributed by atoms with Crippen LogP contribution in [0.4, 0.5) is 0 Å². The van der Waals surface area contributed by atoms with E-state index in [0.29, 0.717) is 12.0 Å². The molecule has 1 aromatic heterocycles. The molecule has 1 heterocycles. The number of rotatable bonds is 3. The summed E-state index contributed by atoms with van der Waals surface area (Å²) in [6, 6.07) is 3.82. The number of thiophene rings is 1. The Morgan fingerprint density at radius 1 is 1.79 bits per heavy atom. The lowest BCUT2D eigenvalue weighted by molar-refractivity contribution is 0.0747. The summed E-state index contributed by atoms with van der Waals surface area (Å²) in [4.78, 5) is 13.3. The van der Waals surface area contributed by atoms with Gasteiger partial charge in [-0.3, -0.25) is 4.79 Å². The molecule has 0 bridgehead atoms. The molecule has 1 atom stereocenters. The summed E-state index contributed by atoms with van der Waals surface area (Å²) in [5.74, 6) is -0.0194. The average molecular weight is 208 g/mol. The molecule has 0 aliphatic rings. The number of nitriles is 1. The summed E-state index contributed by atoms with van der Waals surface area (Å²) in [6.07, 6.45) is 0.367. The van der Waals surface area contributed by atoms with Gasteiger partial charge in [0.2, 0.25) is 0 Å². The summed E-state index contributed by atoms with van der Waals surface area (Å²) < 4.78 is 0. The zero-order valence-electron chi connectivity index (χ0n) is 8.23. The van der Waals surface area contributed by atoms with Gasteiger partial charge in [-0.1, -0.05) is 0 Å². The molecule has 1 unspecified atom stereocenters. The molecule has 0 aromatic carbocycles. The summed E-state index contributed by atoms with van der Waals surface area (Å²) >= 11 is 1.50. The first-order valence-corrected chi connectivity index (χ1v) is 5.27. The third kappa shape index (κ3) is 2.33. The van der Waals surface area contributed by atoms with Crippen LogP contribution in [0.15, 0.2) is 16.8 Å². The van der Waals surface area contributed by atoms with Crippen molar-refractivity contribution in [3.05, 3.63) is 22.4 Å². The molecule has 0 saturated carbocycles. The number of amides is 1. The molecule has 0 aliphatic carbocycles. The molecule has 0 aliphatic heterocycles. The predicted octanol–water partition coefficient (Wildman–Crippen LogP) is 2.12. The van der Waals surface area contributed by atoms with Crippen molar-refractivity contribution in [2.45, 2.75) is 19.4 Å². The fourth-order valence-electron chi connectivity index (χ4n) is 1.06. The van der Waals surface area contributed by atoms with Gasteiger partial charge in [-0.2, -0.15) is 16.6 Å². The normalized spacial score (nSPS) is 11.8. The van der Waals surface area contributed by atoms with E-state index in [-0.39, 0.29) is 11.9 Å². The molecular formula is C10H12N2OS. The van der Waals surface area contributed by atoms with Gasteiger partial charge in [0.05, 0.1) is 18.1 Å². The maximum atomic E-state index is 11.7. The Balaban J connectivity index is 2.67. The molecule has 1 rings (SSSR count). The lowest BCUT2D eigenvalue weighted by atomic mass is 10.2. The van der Waals surface area contributed by atoms with E-state index in [1.54, 1.807) is 18.0 Å². The molecule has 1 amide bonds. The van der Waals surface area contributed by atoms with Crippen molar-refractivity contribution in [1.29, 1.82) is 5.26 Å². The van der Waals surface area contributed by atoms with Crippen molar-refractivity contribution in [1.82, 2.24) is 4.90 Å². The minimum Gasteiger partial charge on any atom is -0.338 e. The maximum absolute atomic E-state index is 11.7.